The van der Waals surface area contributed by atoms with E-state index >= 15 is 0 Å². The Hall–Kier alpha value is -0.163. The fourth-order valence-corrected chi connectivity index (χ4v) is 5.55. The van der Waals surface area contributed by atoms with Crippen LogP contribution in [-0.4, -0.2) is 27.1 Å². The third-order valence-electron chi connectivity index (χ3n) is 2.61. The van der Waals surface area contributed by atoms with Crippen molar-refractivity contribution >= 4 is 8.80 Å². The van der Waals surface area contributed by atoms with Crippen molar-refractivity contribution in [3.63, 3.8) is 0 Å². The van der Waals surface area contributed by atoms with Crippen LogP contribution in [-0.2, 0) is 13.3 Å². The summed E-state index contributed by atoms with van der Waals surface area (Å²) in [6, 6.07) is 0. The summed E-state index contributed by atoms with van der Waals surface area (Å²) in [5, 5.41) is 1.28. The molecule has 0 unspecified atom stereocenters. The molecule has 0 radical (unpaired) electrons. The van der Waals surface area contributed by atoms with E-state index in [9.17, 15) is 0 Å². The van der Waals surface area contributed by atoms with Crippen LogP contribution in [0.3, 0.4) is 0 Å². The van der Waals surface area contributed by atoms with Crippen molar-refractivity contribution in [2.24, 2.45) is 0 Å². The van der Waals surface area contributed by atoms with Gasteiger partial charge in [0.1, 0.15) is 0 Å². The maximum absolute atomic E-state index is 6.17. The van der Waals surface area contributed by atoms with E-state index in [-0.39, 0.29) is 18.3 Å². The lowest BCUT2D eigenvalue weighted by Gasteiger charge is -2.35. The van der Waals surface area contributed by atoms with Gasteiger partial charge in [0.15, 0.2) is 0 Å². The summed E-state index contributed by atoms with van der Waals surface area (Å²) >= 11 is 0. The molecule has 0 bridgehead atoms. The van der Waals surface area contributed by atoms with E-state index in [1.54, 1.807) is 0 Å². The zero-order chi connectivity index (χ0) is 13.8. The first kappa shape index (κ1) is 15.9. The molecule has 0 N–H and O–H groups in total. The van der Waals surface area contributed by atoms with E-state index in [2.05, 4.69) is 6.08 Å². The fraction of sp³-hybridized carbons (Fsp3) is 0.857. The monoisotopic (exact) mass is 272 g/mol. The first-order valence-electron chi connectivity index (χ1n) is 7.08. The largest absolute Gasteiger partial charge is 0.533 e. The molecular formula is C14H28O3Si. The van der Waals surface area contributed by atoms with Gasteiger partial charge in [0.25, 0.3) is 0 Å². The van der Waals surface area contributed by atoms with Gasteiger partial charge in [-0.15, -0.1) is 0 Å². The first-order chi connectivity index (χ1) is 8.35. The molecule has 0 saturated carbocycles. The lowest BCUT2D eigenvalue weighted by molar-refractivity contribution is 0.0106. The predicted molar refractivity (Wildman–Crippen MR) is 76.4 cm³/mol. The Labute approximate surface area is 113 Å². The minimum atomic E-state index is -2.69. The molecule has 1 aliphatic rings. The van der Waals surface area contributed by atoms with E-state index in [1.807, 2.05) is 41.5 Å². The quantitative estimate of drug-likeness (QED) is 0.659. The van der Waals surface area contributed by atoms with E-state index in [0.29, 0.717) is 0 Å². The lowest BCUT2D eigenvalue weighted by atomic mass is 10.4. The molecule has 0 fully saturated rings. The van der Waals surface area contributed by atoms with Crippen molar-refractivity contribution in [3.05, 3.63) is 11.3 Å². The molecule has 4 heteroatoms. The molecule has 1 aliphatic carbocycles. The third-order valence-corrected chi connectivity index (χ3v) is 6.19. The Balaban J connectivity index is 2.98. The highest BCUT2D eigenvalue weighted by Crippen LogP contribution is 2.32. The molecule has 0 aliphatic heterocycles. The number of rotatable bonds is 7. The Kier molecular flexibility index (Phi) is 6.04. The van der Waals surface area contributed by atoms with Crippen LogP contribution in [0.4, 0.5) is 0 Å². The summed E-state index contributed by atoms with van der Waals surface area (Å²) in [6.45, 7) is 12.3. The van der Waals surface area contributed by atoms with Gasteiger partial charge in [-0.2, -0.15) is 0 Å². The van der Waals surface area contributed by atoms with Gasteiger partial charge in [-0.1, -0.05) is 6.08 Å². The molecule has 0 aromatic heterocycles. The molecule has 0 heterocycles. The predicted octanol–water partition coefficient (Wildman–Crippen LogP) is 3.85. The van der Waals surface area contributed by atoms with Gasteiger partial charge in [0, 0.05) is 18.3 Å². The van der Waals surface area contributed by atoms with Crippen molar-refractivity contribution < 1.29 is 13.3 Å². The molecule has 1 rings (SSSR count). The molecule has 0 amide bonds. The van der Waals surface area contributed by atoms with Crippen molar-refractivity contribution in [2.45, 2.75) is 79.1 Å². The Morgan fingerprint density at radius 1 is 0.889 bits per heavy atom. The number of hydrogen-bond acceptors (Lipinski definition) is 3. The molecule has 0 aromatic rings. The van der Waals surface area contributed by atoms with Crippen LogP contribution in [0.5, 0.6) is 0 Å². The van der Waals surface area contributed by atoms with Gasteiger partial charge in [0.2, 0.25) is 0 Å². The van der Waals surface area contributed by atoms with E-state index in [1.165, 1.54) is 11.6 Å². The molecule has 106 valence electrons. The topological polar surface area (TPSA) is 27.7 Å². The molecule has 0 spiro atoms. The first-order valence-corrected chi connectivity index (χ1v) is 8.81. The summed E-state index contributed by atoms with van der Waals surface area (Å²) in [5.41, 5.74) is 0. The summed E-state index contributed by atoms with van der Waals surface area (Å²) in [7, 11) is -2.69. The van der Waals surface area contributed by atoms with Crippen LogP contribution in [0.2, 0.25) is 0 Å². The second kappa shape index (κ2) is 6.85. The minimum absolute atomic E-state index is 0.121. The SMILES string of the molecule is CC(C)O[Si](OC(C)C)(OC(C)C)C1=CCCC1. The van der Waals surface area contributed by atoms with Crippen LogP contribution in [0.25, 0.3) is 0 Å². The second-order valence-corrected chi connectivity index (χ2v) is 8.14. The molecule has 0 aromatic carbocycles. The lowest BCUT2D eigenvalue weighted by Crippen LogP contribution is -2.52. The maximum Gasteiger partial charge on any atom is 0.533 e. The van der Waals surface area contributed by atoms with Gasteiger partial charge in [-0.3, -0.25) is 0 Å². The van der Waals surface area contributed by atoms with E-state index < -0.39 is 8.80 Å². The normalized spacial score (nSPS) is 17.1. The van der Waals surface area contributed by atoms with Crippen molar-refractivity contribution in [1.29, 1.82) is 0 Å². The van der Waals surface area contributed by atoms with Crippen molar-refractivity contribution in [1.82, 2.24) is 0 Å². The van der Waals surface area contributed by atoms with Crippen LogP contribution in [0.15, 0.2) is 11.3 Å². The van der Waals surface area contributed by atoms with Crippen LogP contribution < -0.4 is 0 Å². The number of allylic oxidation sites excluding steroid dienone is 2. The van der Waals surface area contributed by atoms with Gasteiger partial charge in [-0.25, -0.2) is 0 Å². The van der Waals surface area contributed by atoms with Crippen LogP contribution >= 0.6 is 0 Å². The zero-order valence-electron chi connectivity index (χ0n) is 12.7. The molecule has 0 saturated heterocycles. The standard InChI is InChI=1S/C14H28O3Si/c1-11(2)15-18(16-12(3)4,17-13(5)6)14-9-7-8-10-14/h9,11-13H,7-8,10H2,1-6H3. The van der Waals surface area contributed by atoms with Gasteiger partial charge < -0.3 is 13.3 Å². The van der Waals surface area contributed by atoms with Crippen LogP contribution in [0, 0.1) is 0 Å². The van der Waals surface area contributed by atoms with Crippen LogP contribution in [0.1, 0.15) is 60.8 Å². The summed E-state index contributed by atoms with van der Waals surface area (Å²) in [5.74, 6) is 0. The highest BCUT2D eigenvalue weighted by Gasteiger charge is 2.48. The summed E-state index contributed by atoms with van der Waals surface area (Å²) in [4.78, 5) is 0. The second-order valence-electron chi connectivity index (χ2n) is 5.68. The maximum atomic E-state index is 6.17. The molecule has 3 nitrogen and oxygen atoms in total. The Morgan fingerprint density at radius 3 is 1.61 bits per heavy atom. The smallest absolute Gasteiger partial charge is 0.368 e. The molecule has 0 atom stereocenters. The summed E-state index contributed by atoms with van der Waals surface area (Å²) in [6.07, 6.45) is 5.99. The molecular weight excluding hydrogens is 244 g/mol. The van der Waals surface area contributed by atoms with E-state index in [4.69, 9.17) is 13.3 Å². The minimum Gasteiger partial charge on any atom is -0.368 e. The number of hydrogen-bond donors (Lipinski definition) is 0. The average molecular weight is 272 g/mol. The highest BCUT2D eigenvalue weighted by atomic mass is 28.4. The van der Waals surface area contributed by atoms with E-state index in [0.717, 1.165) is 12.8 Å². The third kappa shape index (κ3) is 4.50. The van der Waals surface area contributed by atoms with Crippen molar-refractivity contribution in [2.75, 3.05) is 0 Å². The summed E-state index contributed by atoms with van der Waals surface area (Å²) < 4.78 is 18.5. The molecule has 18 heavy (non-hydrogen) atoms. The van der Waals surface area contributed by atoms with Crippen molar-refractivity contribution in [3.8, 4) is 0 Å². The zero-order valence-corrected chi connectivity index (χ0v) is 13.7. The van der Waals surface area contributed by atoms with Gasteiger partial charge in [-0.05, 0) is 66.0 Å². The Morgan fingerprint density at radius 2 is 1.33 bits per heavy atom. The van der Waals surface area contributed by atoms with Gasteiger partial charge >= 0.3 is 8.80 Å². The fourth-order valence-electron chi connectivity index (χ4n) is 2.19. The highest BCUT2D eigenvalue weighted by molar-refractivity contribution is 6.69. The Bertz CT molecular complexity index is 258. The average Bonchev–Trinajstić information content (AvgIpc) is 2.65. The van der Waals surface area contributed by atoms with Gasteiger partial charge in [0.05, 0.1) is 0 Å².